The quantitative estimate of drug-likeness (QED) is 0.656. The highest BCUT2D eigenvalue weighted by Gasteiger charge is 1.93. The molecular formula is C18H21N. The van der Waals surface area contributed by atoms with E-state index in [0.29, 0.717) is 0 Å². The molecule has 0 bridgehead atoms. The van der Waals surface area contributed by atoms with Crippen molar-refractivity contribution in [2.75, 3.05) is 0 Å². The maximum Gasteiger partial charge on any atom is 0.0630 e. The van der Waals surface area contributed by atoms with Gasteiger partial charge in [-0.2, -0.15) is 0 Å². The van der Waals surface area contributed by atoms with E-state index in [1.54, 1.807) is 0 Å². The lowest BCUT2D eigenvalue weighted by atomic mass is 10.1. The molecule has 1 heteroatoms. The van der Waals surface area contributed by atoms with Crippen molar-refractivity contribution >= 4 is 11.9 Å². The highest BCUT2D eigenvalue weighted by atomic mass is 14.7. The zero-order chi connectivity index (χ0) is 13.5. The molecule has 98 valence electrons. The first-order chi connectivity index (χ1) is 9.28. The first-order valence-corrected chi connectivity index (χ1v) is 6.97. The second kappa shape index (κ2) is 6.89. The minimum Gasteiger partial charge on any atom is -0.256 e. The number of nitrogens with zero attached hydrogens (tertiary/aromatic N) is 1. The normalized spacial score (nSPS) is 11.1. The second-order valence-corrected chi connectivity index (χ2v) is 4.94. The molecule has 0 aliphatic carbocycles. The average Bonchev–Trinajstić information content (AvgIpc) is 2.46. The van der Waals surface area contributed by atoms with Crippen LogP contribution in [-0.4, -0.2) is 6.21 Å². The summed E-state index contributed by atoms with van der Waals surface area (Å²) in [5, 5.41) is 0. The first-order valence-electron chi connectivity index (χ1n) is 6.97. The van der Waals surface area contributed by atoms with Crippen LogP contribution >= 0.6 is 0 Å². The summed E-state index contributed by atoms with van der Waals surface area (Å²) in [7, 11) is 0. The third kappa shape index (κ3) is 4.36. The lowest BCUT2D eigenvalue weighted by Crippen LogP contribution is -1.83. The third-order valence-electron chi connectivity index (χ3n) is 3.20. The molecule has 0 fully saturated rings. The lowest BCUT2D eigenvalue weighted by Gasteiger charge is -2.00. The van der Waals surface area contributed by atoms with Gasteiger partial charge in [0.2, 0.25) is 0 Å². The molecule has 2 rings (SSSR count). The Morgan fingerprint density at radius 1 is 0.947 bits per heavy atom. The van der Waals surface area contributed by atoms with Crippen molar-refractivity contribution < 1.29 is 0 Å². The summed E-state index contributed by atoms with van der Waals surface area (Å²) < 4.78 is 0. The third-order valence-corrected chi connectivity index (χ3v) is 3.20. The van der Waals surface area contributed by atoms with Crippen molar-refractivity contribution in [2.24, 2.45) is 4.99 Å². The van der Waals surface area contributed by atoms with Crippen LogP contribution in [0.2, 0.25) is 0 Å². The van der Waals surface area contributed by atoms with E-state index in [9.17, 15) is 0 Å². The number of rotatable bonds is 5. The predicted molar refractivity (Wildman–Crippen MR) is 83.5 cm³/mol. The smallest absolute Gasteiger partial charge is 0.0630 e. The second-order valence-electron chi connectivity index (χ2n) is 4.94. The van der Waals surface area contributed by atoms with Crippen molar-refractivity contribution in [1.82, 2.24) is 0 Å². The Morgan fingerprint density at radius 3 is 2.26 bits per heavy atom. The SMILES string of the molecule is CCCCc1ccc(N=Cc2ccc(C)cc2)cc1. The van der Waals surface area contributed by atoms with Crippen LogP contribution in [0.3, 0.4) is 0 Å². The molecule has 0 heterocycles. The summed E-state index contributed by atoms with van der Waals surface area (Å²) in [6.07, 6.45) is 5.58. The fraction of sp³-hybridized carbons (Fsp3) is 0.278. The van der Waals surface area contributed by atoms with E-state index in [2.05, 4.69) is 67.4 Å². The van der Waals surface area contributed by atoms with Crippen molar-refractivity contribution in [3.05, 3.63) is 65.2 Å². The molecule has 0 radical (unpaired) electrons. The molecule has 0 aliphatic heterocycles. The fourth-order valence-corrected chi connectivity index (χ4v) is 1.93. The van der Waals surface area contributed by atoms with Gasteiger partial charge in [-0.15, -0.1) is 0 Å². The maximum atomic E-state index is 4.50. The minimum absolute atomic E-state index is 1.01. The predicted octanol–water partition coefficient (Wildman–Crippen LogP) is 5.09. The number of hydrogen-bond donors (Lipinski definition) is 0. The first kappa shape index (κ1) is 13.5. The van der Waals surface area contributed by atoms with Crippen molar-refractivity contribution in [3.63, 3.8) is 0 Å². The van der Waals surface area contributed by atoms with Gasteiger partial charge in [0.1, 0.15) is 0 Å². The maximum absolute atomic E-state index is 4.50. The summed E-state index contributed by atoms with van der Waals surface area (Å²) in [5.74, 6) is 0. The van der Waals surface area contributed by atoms with Crippen LogP contribution in [0, 0.1) is 6.92 Å². The van der Waals surface area contributed by atoms with E-state index in [0.717, 1.165) is 11.3 Å². The summed E-state index contributed by atoms with van der Waals surface area (Å²) >= 11 is 0. The molecule has 2 aromatic carbocycles. The van der Waals surface area contributed by atoms with Gasteiger partial charge in [0, 0.05) is 6.21 Å². The van der Waals surface area contributed by atoms with E-state index in [1.165, 1.54) is 30.4 Å². The van der Waals surface area contributed by atoms with Crippen LogP contribution in [0.25, 0.3) is 0 Å². The van der Waals surface area contributed by atoms with Crippen LogP contribution in [-0.2, 0) is 6.42 Å². The summed E-state index contributed by atoms with van der Waals surface area (Å²) in [6.45, 7) is 4.32. The molecular weight excluding hydrogens is 230 g/mol. The molecule has 0 aliphatic rings. The van der Waals surface area contributed by atoms with Crippen molar-refractivity contribution in [3.8, 4) is 0 Å². The molecule has 19 heavy (non-hydrogen) atoms. The highest BCUT2D eigenvalue weighted by Crippen LogP contribution is 2.14. The number of unbranched alkanes of at least 4 members (excludes halogenated alkanes) is 1. The molecule has 1 nitrogen and oxygen atoms in total. The van der Waals surface area contributed by atoms with Crippen molar-refractivity contribution in [2.45, 2.75) is 33.1 Å². The van der Waals surface area contributed by atoms with Gasteiger partial charge in [-0.1, -0.05) is 55.3 Å². The zero-order valence-corrected chi connectivity index (χ0v) is 11.8. The fourth-order valence-electron chi connectivity index (χ4n) is 1.93. The lowest BCUT2D eigenvalue weighted by molar-refractivity contribution is 0.795. The number of hydrogen-bond acceptors (Lipinski definition) is 1. The molecule has 0 saturated carbocycles. The average molecular weight is 251 g/mol. The Morgan fingerprint density at radius 2 is 1.63 bits per heavy atom. The Kier molecular flexibility index (Phi) is 4.91. The molecule has 0 unspecified atom stereocenters. The molecule has 0 aromatic heterocycles. The summed E-state index contributed by atoms with van der Waals surface area (Å²) in [4.78, 5) is 4.50. The van der Waals surface area contributed by atoms with Crippen LogP contribution in [0.4, 0.5) is 5.69 Å². The van der Waals surface area contributed by atoms with Crippen LogP contribution < -0.4 is 0 Å². The molecule has 2 aromatic rings. The highest BCUT2D eigenvalue weighted by molar-refractivity contribution is 5.81. The van der Waals surface area contributed by atoms with Crippen LogP contribution in [0.15, 0.2) is 53.5 Å². The number of aliphatic imine (C=N–C) groups is 1. The van der Waals surface area contributed by atoms with Gasteiger partial charge in [0.05, 0.1) is 5.69 Å². The van der Waals surface area contributed by atoms with E-state index in [-0.39, 0.29) is 0 Å². The monoisotopic (exact) mass is 251 g/mol. The van der Waals surface area contributed by atoms with E-state index < -0.39 is 0 Å². The van der Waals surface area contributed by atoms with Gasteiger partial charge in [0.15, 0.2) is 0 Å². The van der Waals surface area contributed by atoms with Crippen LogP contribution in [0.1, 0.15) is 36.5 Å². The molecule has 0 spiro atoms. The van der Waals surface area contributed by atoms with Gasteiger partial charge in [0.25, 0.3) is 0 Å². The Labute approximate surface area is 116 Å². The molecule has 0 saturated heterocycles. The number of benzene rings is 2. The standard InChI is InChI=1S/C18H21N/c1-3-4-5-16-10-12-18(13-11-16)19-14-17-8-6-15(2)7-9-17/h6-14H,3-5H2,1-2H3. The van der Waals surface area contributed by atoms with E-state index in [4.69, 9.17) is 0 Å². The molecule has 0 atom stereocenters. The van der Waals surface area contributed by atoms with E-state index in [1.807, 2.05) is 6.21 Å². The van der Waals surface area contributed by atoms with Crippen LogP contribution in [0.5, 0.6) is 0 Å². The molecule has 0 N–H and O–H groups in total. The van der Waals surface area contributed by atoms with Gasteiger partial charge in [-0.3, -0.25) is 4.99 Å². The Bertz CT molecular complexity index is 521. The Hall–Kier alpha value is -1.89. The zero-order valence-electron chi connectivity index (χ0n) is 11.8. The van der Waals surface area contributed by atoms with Crippen molar-refractivity contribution in [1.29, 1.82) is 0 Å². The molecule has 0 amide bonds. The van der Waals surface area contributed by atoms with Gasteiger partial charge in [-0.05, 0) is 43.0 Å². The number of aryl methyl sites for hydroxylation is 2. The van der Waals surface area contributed by atoms with E-state index >= 15 is 0 Å². The largest absolute Gasteiger partial charge is 0.256 e. The minimum atomic E-state index is 1.01. The van der Waals surface area contributed by atoms with Gasteiger partial charge < -0.3 is 0 Å². The van der Waals surface area contributed by atoms with Gasteiger partial charge in [-0.25, -0.2) is 0 Å². The summed E-state index contributed by atoms with van der Waals surface area (Å²) in [5.41, 5.74) is 4.83. The topological polar surface area (TPSA) is 12.4 Å². The van der Waals surface area contributed by atoms with Gasteiger partial charge >= 0.3 is 0 Å². The summed E-state index contributed by atoms with van der Waals surface area (Å²) in [6, 6.07) is 16.9. The Balaban J connectivity index is 2.00.